The molecule has 1 atom stereocenters. The fourth-order valence-electron chi connectivity index (χ4n) is 1.56. The van der Waals surface area contributed by atoms with Crippen molar-refractivity contribution in [2.45, 2.75) is 19.4 Å². The summed E-state index contributed by atoms with van der Waals surface area (Å²) >= 11 is 0. The number of fused-ring (bicyclic) bond motifs is 1. The van der Waals surface area contributed by atoms with Crippen LogP contribution in [0.5, 0.6) is 0 Å². The summed E-state index contributed by atoms with van der Waals surface area (Å²) < 4.78 is 18.8. The van der Waals surface area contributed by atoms with E-state index in [-0.39, 0.29) is 11.9 Å². The third kappa shape index (κ3) is 1.51. The van der Waals surface area contributed by atoms with Gasteiger partial charge < -0.3 is 10.2 Å². The number of hydrogen-bond donors (Lipinski definition) is 1. The summed E-state index contributed by atoms with van der Waals surface area (Å²) in [5, 5.41) is 0.531. The van der Waals surface area contributed by atoms with Crippen LogP contribution in [0, 0.1) is 5.82 Å². The van der Waals surface area contributed by atoms with Gasteiger partial charge in [0.15, 0.2) is 0 Å². The van der Waals surface area contributed by atoms with Gasteiger partial charge in [0, 0.05) is 6.04 Å². The molecule has 2 aromatic rings. The van der Waals surface area contributed by atoms with Crippen LogP contribution < -0.4 is 5.73 Å². The van der Waals surface area contributed by atoms with Crippen LogP contribution in [-0.4, -0.2) is 6.04 Å². The number of nitrogens with two attached hydrogens (primary N) is 1. The summed E-state index contributed by atoms with van der Waals surface area (Å²) in [4.78, 5) is 0. The van der Waals surface area contributed by atoms with Crippen LogP contribution in [-0.2, 0) is 6.42 Å². The molecule has 2 nitrogen and oxygen atoms in total. The first kappa shape index (κ1) is 9.21. The van der Waals surface area contributed by atoms with E-state index in [4.69, 9.17) is 10.2 Å². The van der Waals surface area contributed by atoms with Crippen LogP contribution in [0.25, 0.3) is 11.0 Å². The Hall–Kier alpha value is -1.35. The minimum absolute atomic E-state index is 0.0335. The van der Waals surface area contributed by atoms with Crippen molar-refractivity contribution in [3.63, 3.8) is 0 Å². The summed E-state index contributed by atoms with van der Waals surface area (Å²) in [6.45, 7) is 1.86. The van der Waals surface area contributed by atoms with Crippen molar-refractivity contribution in [2.24, 2.45) is 5.73 Å². The number of halogens is 1. The Morgan fingerprint density at radius 1 is 1.43 bits per heavy atom. The number of benzene rings is 1. The lowest BCUT2D eigenvalue weighted by Gasteiger charge is -2.06. The zero-order valence-corrected chi connectivity index (χ0v) is 7.96. The van der Waals surface area contributed by atoms with Crippen molar-refractivity contribution >= 4 is 11.0 Å². The fraction of sp³-hybridized carbons (Fsp3) is 0.273. The molecule has 0 fully saturated rings. The van der Waals surface area contributed by atoms with Crippen LogP contribution in [0.2, 0.25) is 0 Å². The van der Waals surface area contributed by atoms with E-state index >= 15 is 0 Å². The van der Waals surface area contributed by atoms with Gasteiger partial charge in [0.2, 0.25) is 0 Å². The highest BCUT2D eigenvalue weighted by Crippen LogP contribution is 2.22. The molecule has 0 saturated heterocycles. The van der Waals surface area contributed by atoms with Gasteiger partial charge in [-0.3, -0.25) is 0 Å². The topological polar surface area (TPSA) is 39.2 Å². The highest BCUT2D eigenvalue weighted by atomic mass is 19.1. The van der Waals surface area contributed by atoms with Gasteiger partial charge in [0.05, 0.1) is 11.6 Å². The molecule has 1 unspecified atom stereocenters. The van der Waals surface area contributed by atoms with E-state index in [1.165, 1.54) is 6.26 Å². The Kier molecular flexibility index (Phi) is 2.25. The molecule has 0 spiro atoms. The lowest BCUT2D eigenvalue weighted by molar-refractivity contribution is 0.597. The highest BCUT2D eigenvalue weighted by molar-refractivity contribution is 5.78. The van der Waals surface area contributed by atoms with Gasteiger partial charge in [0.1, 0.15) is 11.4 Å². The monoisotopic (exact) mass is 193 g/mol. The molecule has 2 N–H and O–H groups in total. The van der Waals surface area contributed by atoms with E-state index in [1.54, 1.807) is 18.2 Å². The molecule has 0 aliphatic heterocycles. The van der Waals surface area contributed by atoms with Crippen LogP contribution in [0.4, 0.5) is 4.39 Å². The average molecular weight is 193 g/mol. The molecule has 14 heavy (non-hydrogen) atoms. The zero-order valence-electron chi connectivity index (χ0n) is 7.96. The molecule has 0 saturated carbocycles. The van der Waals surface area contributed by atoms with Gasteiger partial charge in [-0.05, 0) is 31.0 Å². The van der Waals surface area contributed by atoms with E-state index in [0.717, 1.165) is 0 Å². The minimum Gasteiger partial charge on any atom is -0.464 e. The third-order valence-corrected chi connectivity index (χ3v) is 2.19. The maximum Gasteiger partial charge on any atom is 0.137 e. The molecule has 1 aromatic carbocycles. The maximum atomic E-state index is 13.7. The number of rotatable bonds is 2. The third-order valence-electron chi connectivity index (χ3n) is 2.19. The first-order valence-electron chi connectivity index (χ1n) is 4.58. The number of hydrogen-bond acceptors (Lipinski definition) is 2. The van der Waals surface area contributed by atoms with E-state index in [1.807, 2.05) is 6.92 Å². The Morgan fingerprint density at radius 2 is 2.21 bits per heavy atom. The molecule has 74 valence electrons. The summed E-state index contributed by atoms with van der Waals surface area (Å²) in [5.74, 6) is -0.214. The minimum atomic E-state index is -0.214. The van der Waals surface area contributed by atoms with Gasteiger partial charge in [0.25, 0.3) is 0 Å². The summed E-state index contributed by atoms with van der Waals surface area (Å²) in [6.07, 6.45) is 2.04. The van der Waals surface area contributed by atoms with Crippen LogP contribution in [0.3, 0.4) is 0 Å². The van der Waals surface area contributed by atoms with Crippen molar-refractivity contribution in [2.75, 3.05) is 0 Å². The van der Waals surface area contributed by atoms with E-state index < -0.39 is 0 Å². The lowest BCUT2D eigenvalue weighted by Crippen LogP contribution is -2.18. The smallest absolute Gasteiger partial charge is 0.137 e. The van der Waals surface area contributed by atoms with Crippen molar-refractivity contribution in [1.29, 1.82) is 0 Å². The standard InChI is InChI=1S/C11H12FNO/c1-7(13)6-8-2-3-10-9(11(8)12)4-5-14-10/h2-5,7H,6,13H2,1H3. The molecule has 1 aromatic heterocycles. The first-order valence-corrected chi connectivity index (χ1v) is 4.58. The lowest BCUT2D eigenvalue weighted by atomic mass is 10.1. The summed E-state index contributed by atoms with van der Waals surface area (Å²) in [7, 11) is 0. The average Bonchev–Trinajstić information content (AvgIpc) is 2.57. The SMILES string of the molecule is CC(N)Cc1ccc2occc2c1F. The molecule has 3 heteroatoms. The predicted molar refractivity (Wildman–Crippen MR) is 53.5 cm³/mol. The second-order valence-corrected chi connectivity index (χ2v) is 3.55. The van der Waals surface area contributed by atoms with E-state index in [0.29, 0.717) is 23.0 Å². The molecule has 0 amide bonds. The number of furan rings is 1. The first-order chi connectivity index (χ1) is 6.68. The fourth-order valence-corrected chi connectivity index (χ4v) is 1.56. The summed E-state index contributed by atoms with van der Waals surface area (Å²) in [6, 6.07) is 5.10. The van der Waals surface area contributed by atoms with Crippen LogP contribution in [0.15, 0.2) is 28.9 Å². The Bertz CT molecular complexity index is 447. The largest absolute Gasteiger partial charge is 0.464 e. The second kappa shape index (κ2) is 3.42. The van der Waals surface area contributed by atoms with E-state index in [2.05, 4.69) is 0 Å². The van der Waals surface area contributed by atoms with Gasteiger partial charge in [-0.2, -0.15) is 0 Å². The Balaban J connectivity index is 2.51. The second-order valence-electron chi connectivity index (χ2n) is 3.55. The van der Waals surface area contributed by atoms with Crippen molar-refractivity contribution in [3.8, 4) is 0 Å². The van der Waals surface area contributed by atoms with Crippen molar-refractivity contribution in [1.82, 2.24) is 0 Å². The van der Waals surface area contributed by atoms with Gasteiger partial charge in [-0.25, -0.2) is 4.39 Å². The van der Waals surface area contributed by atoms with E-state index in [9.17, 15) is 4.39 Å². The molecular weight excluding hydrogens is 181 g/mol. The zero-order chi connectivity index (χ0) is 10.1. The van der Waals surface area contributed by atoms with Crippen LogP contribution in [0.1, 0.15) is 12.5 Å². The van der Waals surface area contributed by atoms with Crippen LogP contribution >= 0.6 is 0 Å². The quantitative estimate of drug-likeness (QED) is 0.795. The predicted octanol–water partition coefficient (Wildman–Crippen LogP) is 2.46. The highest BCUT2D eigenvalue weighted by Gasteiger charge is 2.10. The molecule has 0 aliphatic carbocycles. The Morgan fingerprint density at radius 3 is 2.93 bits per heavy atom. The Labute approximate surface area is 81.5 Å². The molecule has 0 bridgehead atoms. The molecule has 1 heterocycles. The van der Waals surface area contributed by atoms with Gasteiger partial charge in [-0.15, -0.1) is 0 Å². The molecule has 2 rings (SSSR count). The van der Waals surface area contributed by atoms with Gasteiger partial charge >= 0.3 is 0 Å². The van der Waals surface area contributed by atoms with Crippen molar-refractivity contribution < 1.29 is 8.81 Å². The molecule has 0 aliphatic rings. The molecule has 0 radical (unpaired) electrons. The maximum absolute atomic E-state index is 13.7. The molecular formula is C11H12FNO. The van der Waals surface area contributed by atoms with Crippen molar-refractivity contribution in [3.05, 3.63) is 35.8 Å². The van der Waals surface area contributed by atoms with Gasteiger partial charge in [-0.1, -0.05) is 6.07 Å². The summed E-state index contributed by atoms with van der Waals surface area (Å²) in [5.41, 5.74) is 6.85. The normalized spacial score (nSPS) is 13.4.